The maximum atomic E-state index is 5.95. The molecular formula is C20H29N3O2S. The van der Waals surface area contributed by atoms with E-state index in [1.165, 1.54) is 12.0 Å². The fourth-order valence-electron chi connectivity index (χ4n) is 2.99. The molecule has 0 aliphatic carbocycles. The van der Waals surface area contributed by atoms with Crippen molar-refractivity contribution in [2.75, 3.05) is 12.4 Å². The Labute approximate surface area is 160 Å². The van der Waals surface area contributed by atoms with Gasteiger partial charge in [0.25, 0.3) is 0 Å². The number of thioether (sulfide) groups is 1. The van der Waals surface area contributed by atoms with E-state index in [1.54, 1.807) is 11.8 Å². The van der Waals surface area contributed by atoms with E-state index in [-0.39, 0.29) is 0 Å². The summed E-state index contributed by atoms with van der Waals surface area (Å²) in [6, 6.07) is 8.26. The van der Waals surface area contributed by atoms with Gasteiger partial charge in [-0.05, 0) is 42.9 Å². The van der Waals surface area contributed by atoms with E-state index >= 15 is 0 Å². The Morgan fingerprint density at radius 3 is 2.73 bits per heavy atom. The van der Waals surface area contributed by atoms with Crippen molar-refractivity contribution in [3.05, 3.63) is 35.7 Å². The topological polar surface area (TPSA) is 49.2 Å². The SMILES string of the molecule is CCc1ccc(OCc2nnc(SCC3CCCO3)n2CC(C)C)cc1. The van der Waals surface area contributed by atoms with Gasteiger partial charge in [0.1, 0.15) is 12.4 Å². The highest BCUT2D eigenvalue weighted by Crippen LogP contribution is 2.24. The lowest BCUT2D eigenvalue weighted by Crippen LogP contribution is -2.13. The summed E-state index contributed by atoms with van der Waals surface area (Å²) in [5.41, 5.74) is 1.31. The molecule has 1 aliphatic heterocycles. The normalized spacial score (nSPS) is 17.2. The molecule has 6 heteroatoms. The van der Waals surface area contributed by atoms with E-state index in [9.17, 15) is 0 Å². The van der Waals surface area contributed by atoms with E-state index in [2.05, 4.69) is 47.7 Å². The van der Waals surface area contributed by atoms with Crippen molar-refractivity contribution < 1.29 is 9.47 Å². The lowest BCUT2D eigenvalue weighted by Gasteiger charge is -2.14. The van der Waals surface area contributed by atoms with E-state index in [1.807, 2.05) is 12.1 Å². The zero-order valence-electron chi connectivity index (χ0n) is 16.0. The molecule has 0 amide bonds. The van der Waals surface area contributed by atoms with Gasteiger partial charge in [-0.15, -0.1) is 10.2 Å². The summed E-state index contributed by atoms with van der Waals surface area (Å²) in [4.78, 5) is 0. The molecule has 1 aliphatic rings. The van der Waals surface area contributed by atoms with E-state index < -0.39 is 0 Å². The fraction of sp³-hybridized carbons (Fsp3) is 0.600. The number of hydrogen-bond donors (Lipinski definition) is 0. The summed E-state index contributed by atoms with van der Waals surface area (Å²) in [5.74, 6) is 3.22. The molecule has 0 saturated carbocycles. The molecule has 0 bridgehead atoms. The van der Waals surface area contributed by atoms with Gasteiger partial charge in [0, 0.05) is 18.9 Å². The Balaban J connectivity index is 1.64. The second-order valence-electron chi connectivity index (χ2n) is 7.14. The Morgan fingerprint density at radius 1 is 1.27 bits per heavy atom. The van der Waals surface area contributed by atoms with Crippen molar-refractivity contribution in [2.45, 2.75) is 64.4 Å². The first-order chi connectivity index (χ1) is 12.7. The molecule has 26 heavy (non-hydrogen) atoms. The van der Waals surface area contributed by atoms with Crippen molar-refractivity contribution in [2.24, 2.45) is 5.92 Å². The molecule has 1 saturated heterocycles. The van der Waals surface area contributed by atoms with Gasteiger partial charge in [-0.3, -0.25) is 0 Å². The third kappa shape index (κ3) is 5.24. The van der Waals surface area contributed by atoms with Crippen LogP contribution in [0.3, 0.4) is 0 Å². The quantitative estimate of drug-likeness (QED) is 0.610. The van der Waals surface area contributed by atoms with Crippen LogP contribution in [0.15, 0.2) is 29.4 Å². The van der Waals surface area contributed by atoms with Gasteiger partial charge in [0.05, 0.1) is 6.10 Å². The molecule has 3 rings (SSSR count). The molecule has 0 N–H and O–H groups in total. The molecule has 1 atom stereocenters. The first-order valence-electron chi connectivity index (χ1n) is 9.54. The Kier molecular flexibility index (Phi) is 6.97. The van der Waals surface area contributed by atoms with Gasteiger partial charge in [0.2, 0.25) is 0 Å². The van der Waals surface area contributed by atoms with Crippen molar-refractivity contribution in [3.63, 3.8) is 0 Å². The monoisotopic (exact) mass is 375 g/mol. The molecule has 142 valence electrons. The molecule has 1 fully saturated rings. The predicted molar refractivity (Wildman–Crippen MR) is 105 cm³/mol. The predicted octanol–water partition coefficient (Wildman–Crippen LogP) is 4.35. The molecule has 5 nitrogen and oxygen atoms in total. The van der Waals surface area contributed by atoms with Crippen LogP contribution in [0.2, 0.25) is 0 Å². The minimum atomic E-state index is 0.348. The van der Waals surface area contributed by atoms with Crippen molar-refractivity contribution in [3.8, 4) is 5.75 Å². The van der Waals surface area contributed by atoms with Crippen molar-refractivity contribution in [1.29, 1.82) is 0 Å². The molecule has 2 heterocycles. The minimum Gasteiger partial charge on any atom is -0.486 e. The highest BCUT2D eigenvalue weighted by Gasteiger charge is 2.19. The van der Waals surface area contributed by atoms with Gasteiger partial charge < -0.3 is 14.0 Å². The first kappa shape index (κ1) is 19.2. The number of nitrogens with zero attached hydrogens (tertiary/aromatic N) is 3. The lowest BCUT2D eigenvalue weighted by atomic mass is 10.2. The third-order valence-corrected chi connectivity index (χ3v) is 5.56. The number of aromatic nitrogens is 3. The van der Waals surface area contributed by atoms with Gasteiger partial charge in [-0.1, -0.05) is 44.7 Å². The second-order valence-corrected chi connectivity index (χ2v) is 8.12. The maximum Gasteiger partial charge on any atom is 0.191 e. The fourth-order valence-corrected chi connectivity index (χ4v) is 4.03. The van der Waals surface area contributed by atoms with Gasteiger partial charge >= 0.3 is 0 Å². The van der Waals surface area contributed by atoms with Crippen LogP contribution in [0.25, 0.3) is 0 Å². The Bertz CT molecular complexity index is 679. The lowest BCUT2D eigenvalue weighted by molar-refractivity contribution is 0.129. The van der Waals surface area contributed by atoms with Crippen LogP contribution in [0, 0.1) is 5.92 Å². The summed E-state index contributed by atoms with van der Waals surface area (Å²) < 4.78 is 13.9. The summed E-state index contributed by atoms with van der Waals surface area (Å²) in [6.45, 7) is 8.80. The minimum absolute atomic E-state index is 0.348. The largest absolute Gasteiger partial charge is 0.486 e. The number of hydrogen-bond acceptors (Lipinski definition) is 5. The summed E-state index contributed by atoms with van der Waals surface area (Å²) in [7, 11) is 0. The summed E-state index contributed by atoms with van der Waals surface area (Å²) in [5, 5.41) is 9.77. The van der Waals surface area contributed by atoms with E-state index in [0.29, 0.717) is 18.6 Å². The highest BCUT2D eigenvalue weighted by atomic mass is 32.2. The zero-order chi connectivity index (χ0) is 18.4. The van der Waals surface area contributed by atoms with Crippen LogP contribution in [-0.2, 0) is 24.3 Å². The molecule has 1 unspecified atom stereocenters. The maximum absolute atomic E-state index is 5.95. The molecule has 0 radical (unpaired) electrons. The average molecular weight is 376 g/mol. The molecule has 0 spiro atoms. The first-order valence-corrected chi connectivity index (χ1v) is 10.5. The number of rotatable bonds is 9. The zero-order valence-corrected chi connectivity index (χ0v) is 16.8. The van der Waals surface area contributed by atoms with Crippen LogP contribution < -0.4 is 4.74 Å². The van der Waals surface area contributed by atoms with E-state index in [4.69, 9.17) is 9.47 Å². The number of ether oxygens (including phenoxy) is 2. The standard InChI is InChI=1S/C20H29N3O2S/c1-4-16-7-9-17(10-8-16)25-13-19-21-22-20(23(19)12-15(2)3)26-14-18-6-5-11-24-18/h7-10,15,18H,4-6,11-14H2,1-3H3. The van der Waals surface area contributed by atoms with Gasteiger partial charge in [-0.2, -0.15) is 0 Å². The number of benzene rings is 1. The Morgan fingerprint density at radius 2 is 2.08 bits per heavy atom. The summed E-state index contributed by atoms with van der Waals surface area (Å²) in [6.07, 6.45) is 3.70. The van der Waals surface area contributed by atoms with E-state index in [0.717, 1.165) is 48.5 Å². The number of aryl methyl sites for hydroxylation is 1. The average Bonchev–Trinajstić information content (AvgIpc) is 3.28. The highest BCUT2D eigenvalue weighted by molar-refractivity contribution is 7.99. The molecule has 1 aromatic heterocycles. The van der Waals surface area contributed by atoms with Crippen LogP contribution in [0.1, 0.15) is 45.0 Å². The molecule has 2 aromatic rings. The smallest absolute Gasteiger partial charge is 0.191 e. The van der Waals surface area contributed by atoms with Crippen molar-refractivity contribution >= 4 is 11.8 Å². The van der Waals surface area contributed by atoms with Crippen LogP contribution in [0.5, 0.6) is 5.75 Å². The summed E-state index contributed by atoms with van der Waals surface area (Å²) >= 11 is 1.74. The van der Waals surface area contributed by atoms with Crippen molar-refractivity contribution in [1.82, 2.24) is 14.8 Å². The van der Waals surface area contributed by atoms with Crippen LogP contribution >= 0.6 is 11.8 Å². The van der Waals surface area contributed by atoms with Gasteiger partial charge in [-0.25, -0.2) is 0 Å². The van der Waals surface area contributed by atoms with Crippen LogP contribution in [0.4, 0.5) is 0 Å². The van der Waals surface area contributed by atoms with Gasteiger partial charge in [0.15, 0.2) is 11.0 Å². The molecular weight excluding hydrogens is 346 g/mol. The molecule has 1 aromatic carbocycles. The van der Waals surface area contributed by atoms with Crippen LogP contribution in [-0.4, -0.2) is 33.2 Å². The second kappa shape index (κ2) is 9.42. The third-order valence-electron chi connectivity index (χ3n) is 4.46. The Hall–Kier alpha value is -1.53.